The van der Waals surface area contributed by atoms with Crippen LogP contribution in [0.25, 0.3) is 10.2 Å². The minimum Gasteiger partial charge on any atom is -0.302 e. The summed E-state index contributed by atoms with van der Waals surface area (Å²) >= 11 is 14.7. The third-order valence-corrected chi connectivity index (χ3v) is 5.05. The number of carbonyl (C=O) groups is 1. The Morgan fingerprint density at radius 2 is 2.05 bits per heavy atom. The zero-order valence-corrected chi connectivity index (χ0v) is 13.2. The molecule has 0 atom stereocenters. The minimum atomic E-state index is -0.112. The Balaban J connectivity index is 1.75. The van der Waals surface area contributed by atoms with Gasteiger partial charge in [-0.1, -0.05) is 40.6 Å². The van der Waals surface area contributed by atoms with Gasteiger partial charge in [-0.2, -0.15) is 0 Å². The van der Waals surface area contributed by atoms with Crippen molar-refractivity contribution in [1.29, 1.82) is 0 Å². The van der Waals surface area contributed by atoms with Gasteiger partial charge in [-0.3, -0.25) is 4.79 Å². The third-order valence-electron chi connectivity index (χ3n) is 2.58. The van der Waals surface area contributed by atoms with Crippen LogP contribution in [0, 0.1) is 0 Å². The molecule has 3 rings (SSSR count). The molecule has 1 amide bonds. The Hall–Kier alpha value is -1.14. The smallest absolute Gasteiger partial charge is 0.231 e. The first-order valence-electron chi connectivity index (χ1n) is 5.71. The highest BCUT2D eigenvalue weighted by Crippen LogP contribution is 2.30. The summed E-state index contributed by atoms with van der Waals surface area (Å²) in [6, 6.07) is 9.20. The summed E-state index contributed by atoms with van der Waals surface area (Å²) in [4.78, 5) is 17.2. The summed E-state index contributed by atoms with van der Waals surface area (Å²) in [7, 11) is 0. The summed E-state index contributed by atoms with van der Waals surface area (Å²) in [5.74, 6) is -0.112. The van der Waals surface area contributed by atoms with Crippen LogP contribution in [0.1, 0.15) is 4.88 Å². The molecule has 0 spiro atoms. The SMILES string of the molecule is O=C(Cc1ccc(Cl)s1)Nc1nc2c(Cl)cccc2s1. The molecule has 3 nitrogen and oxygen atoms in total. The van der Waals surface area contributed by atoms with E-state index in [9.17, 15) is 4.79 Å². The highest BCUT2D eigenvalue weighted by molar-refractivity contribution is 7.22. The fourth-order valence-electron chi connectivity index (χ4n) is 1.74. The summed E-state index contributed by atoms with van der Waals surface area (Å²) < 4.78 is 1.63. The topological polar surface area (TPSA) is 42.0 Å². The van der Waals surface area contributed by atoms with E-state index in [4.69, 9.17) is 23.2 Å². The zero-order chi connectivity index (χ0) is 14.1. The number of rotatable bonds is 3. The van der Waals surface area contributed by atoms with Crippen molar-refractivity contribution in [3.63, 3.8) is 0 Å². The third kappa shape index (κ3) is 2.96. The molecular formula is C13H8Cl2N2OS2. The summed E-state index contributed by atoms with van der Waals surface area (Å²) in [5.41, 5.74) is 0.716. The Labute approximate surface area is 133 Å². The van der Waals surface area contributed by atoms with E-state index < -0.39 is 0 Å². The van der Waals surface area contributed by atoms with Crippen molar-refractivity contribution in [3.05, 3.63) is 44.6 Å². The lowest BCUT2D eigenvalue weighted by molar-refractivity contribution is -0.115. The first-order valence-corrected chi connectivity index (χ1v) is 8.10. The van der Waals surface area contributed by atoms with Gasteiger partial charge in [0.2, 0.25) is 5.91 Å². The number of thiazole rings is 1. The molecule has 0 radical (unpaired) electrons. The average Bonchev–Trinajstić information content (AvgIpc) is 2.96. The molecule has 0 unspecified atom stereocenters. The predicted molar refractivity (Wildman–Crippen MR) is 86.3 cm³/mol. The molecule has 0 aliphatic carbocycles. The number of hydrogen-bond acceptors (Lipinski definition) is 4. The van der Waals surface area contributed by atoms with Crippen LogP contribution in [0.4, 0.5) is 5.13 Å². The zero-order valence-electron chi connectivity index (χ0n) is 10.0. The number of para-hydroxylation sites is 1. The number of nitrogens with zero attached hydrogens (tertiary/aromatic N) is 1. The van der Waals surface area contributed by atoms with Gasteiger partial charge in [0.15, 0.2) is 5.13 Å². The van der Waals surface area contributed by atoms with E-state index in [0.29, 0.717) is 26.4 Å². The summed E-state index contributed by atoms with van der Waals surface area (Å²) in [6.07, 6.45) is 0.293. The van der Waals surface area contributed by atoms with Crippen LogP contribution in [0.3, 0.4) is 0 Å². The summed E-state index contributed by atoms with van der Waals surface area (Å²) in [5, 5.41) is 3.93. The number of anilines is 1. The van der Waals surface area contributed by atoms with Crippen LogP contribution in [-0.2, 0) is 11.2 Å². The van der Waals surface area contributed by atoms with Crippen LogP contribution in [0.5, 0.6) is 0 Å². The van der Waals surface area contributed by atoms with Crippen molar-refractivity contribution in [2.75, 3.05) is 5.32 Å². The molecule has 0 aliphatic heterocycles. The molecule has 0 saturated carbocycles. The Morgan fingerprint density at radius 3 is 2.75 bits per heavy atom. The molecule has 7 heteroatoms. The maximum Gasteiger partial charge on any atom is 0.231 e. The van der Waals surface area contributed by atoms with Gasteiger partial charge < -0.3 is 5.32 Å². The largest absolute Gasteiger partial charge is 0.302 e. The van der Waals surface area contributed by atoms with E-state index in [1.54, 1.807) is 12.1 Å². The Bertz CT molecular complexity index is 782. The number of benzene rings is 1. The molecule has 0 aliphatic rings. The maximum absolute atomic E-state index is 11.9. The molecule has 1 aromatic carbocycles. The van der Waals surface area contributed by atoms with Gasteiger partial charge in [0, 0.05) is 4.88 Å². The number of halogens is 2. The van der Waals surface area contributed by atoms with Crippen LogP contribution in [0.2, 0.25) is 9.36 Å². The molecule has 2 aromatic heterocycles. The second-order valence-corrected chi connectivity index (χ2v) is 7.27. The fraction of sp³-hybridized carbons (Fsp3) is 0.0769. The monoisotopic (exact) mass is 342 g/mol. The second kappa shape index (κ2) is 5.69. The van der Waals surface area contributed by atoms with Crippen LogP contribution in [-0.4, -0.2) is 10.9 Å². The van der Waals surface area contributed by atoms with Gasteiger partial charge >= 0.3 is 0 Å². The van der Waals surface area contributed by atoms with E-state index in [2.05, 4.69) is 10.3 Å². The number of hydrogen-bond donors (Lipinski definition) is 1. The second-order valence-electron chi connectivity index (χ2n) is 4.04. The van der Waals surface area contributed by atoms with E-state index in [0.717, 1.165) is 9.58 Å². The lowest BCUT2D eigenvalue weighted by atomic mass is 10.3. The van der Waals surface area contributed by atoms with Crippen molar-refractivity contribution < 1.29 is 4.79 Å². The van der Waals surface area contributed by atoms with Crippen LogP contribution >= 0.6 is 45.9 Å². The number of aromatic nitrogens is 1. The van der Waals surface area contributed by atoms with E-state index in [1.165, 1.54) is 22.7 Å². The Morgan fingerprint density at radius 1 is 1.20 bits per heavy atom. The number of fused-ring (bicyclic) bond motifs is 1. The molecule has 102 valence electrons. The van der Waals surface area contributed by atoms with Gasteiger partial charge in [0.1, 0.15) is 5.52 Å². The lowest BCUT2D eigenvalue weighted by Crippen LogP contribution is -2.13. The van der Waals surface area contributed by atoms with Gasteiger partial charge in [-0.05, 0) is 24.3 Å². The number of thiophene rings is 1. The summed E-state index contributed by atoms with van der Waals surface area (Å²) in [6.45, 7) is 0. The molecule has 1 N–H and O–H groups in total. The minimum absolute atomic E-state index is 0.112. The molecule has 2 heterocycles. The molecule has 3 aromatic rings. The first-order chi connectivity index (χ1) is 9.61. The molecule has 0 bridgehead atoms. The van der Waals surface area contributed by atoms with Crippen molar-refractivity contribution in [1.82, 2.24) is 4.98 Å². The number of amides is 1. The van der Waals surface area contributed by atoms with Crippen molar-refractivity contribution >= 4 is 67.1 Å². The van der Waals surface area contributed by atoms with E-state index in [-0.39, 0.29) is 5.91 Å². The van der Waals surface area contributed by atoms with Gasteiger partial charge in [0.25, 0.3) is 0 Å². The van der Waals surface area contributed by atoms with Gasteiger partial charge in [-0.15, -0.1) is 11.3 Å². The number of carbonyl (C=O) groups excluding carboxylic acids is 1. The standard InChI is InChI=1S/C13H8Cl2N2OS2/c14-8-2-1-3-9-12(8)17-13(20-9)16-11(18)6-7-4-5-10(15)19-7/h1-5H,6H2,(H,16,17,18). The van der Waals surface area contributed by atoms with Crippen LogP contribution in [0.15, 0.2) is 30.3 Å². The van der Waals surface area contributed by atoms with E-state index >= 15 is 0 Å². The van der Waals surface area contributed by atoms with E-state index in [1.807, 2.05) is 18.2 Å². The molecular weight excluding hydrogens is 335 g/mol. The highest BCUT2D eigenvalue weighted by Gasteiger charge is 2.11. The predicted octanol–water partition coefficient (Wildman–Crippen LogP) is 4.85. The Kier molecular flexibility index (Phi) is 3.94. The van der Waals surface area contributed by atoms with Crippen LogP contribution < -0.4 is 5.32 Å². The fourth-order valence-corrected chi connectivity index (χ4v) is 4.00. The van der Waals surface area contributed by atoms with Crippen molar-refractivity contribution in [2.24, 2.45) is 0 Å². The molecule has 0 saturated heterocycles. The van der Waals surface area contributed by atoms with Crippen molar-refractivity contribution in [3.8, 4) is 0 Å². The normalized spacial score (nSPS) is 10.9. The van der Waals surface area contributed by atoms with Crippen molar-refractivity contribution in [2.45, 2.75) is 6.42 Å². The molecule has 20 heavy (non-hydrogen) atoms. The van der Waals surface area contributed by atoms with Gasteiger partial charge in [-0.25, -0.2) is 4.98 Å². The lowest BCUT2D eigenvalue weighted by Gasteiger charge is -1.98. The average molecular weight is 343 g/mol. The molecule has 0 fully saturated rings. The highest BCUT2D eigenvalue weighted by atomic mass is 35.5. The number of nitrogens with one attached hydrogen (secondary N) is 1. The van der Waals surface area contributed by atoms with Gasteiger partial charge in [0.05, 0.1) is 20.5 Å². The quantitative estimate of drug-likeness (QED) is 0.739. The first kappa shape index (κ1) is 13.8. The maximum atomic E-state index is 11.9.